The summed E-state index contributed by atoms with van der Waals surface area (Å²) >= 11 is 1.52. The number of nitrogens with zero attached hydrogens (tertiary/aromatic N) is 2. The molecule has 0 spiro atoms. The van der Waals surface area contributed by atoms with Crippen LogP contribution in [0.1, 0.15) is 5.56 Å². The first-order valence-corrected chi connectivity index (χ1v) is 9.07. The van der Waals surface area contributed by atoms with Crippen LogP contribution in [-0.2, 0) is 6.42 Å². The number of benzene rings is 2. The molecular weight excluding hydrogens is 346 g/mol. The molecule has 0 aliphatic heterocycles. The van der Waals surface area contributed by atoms with Crippen molar-refractivity contribution in [2.24, 2.45) is 0 Å². The molecule has 0 atom stereocenters. The average molecular weight is 363 g/mol. The van der Waals surface area contributed by atoms with Crippen molar-refractivity contribution in [3.05, 3.63) is 66.5 Å². The Hall–Kier alpha value is -3.12. The molecule has 6 heteroatoms. The fourth-order valence-electron chi connectivity index (χ4n) is 2.85. The number of aromatic hydroxyl groups is 2. The molecule has 0 aliphatic carbocycles. The smallest absolute Gasteiger partial charge is 0.138 e. The first kappa shape index (κ1) is 16.4. The van der Waals surface area contributed by atoms with Gasteiger partial charge < -0.3 is 15.5 Å². The summed E-state index contributed by atoms with van der Waals surface area (Å²) in [5.41, 5.74) is 1.68. The second-order valence-corrected chi connectivity index (χ2v) is 6.91. The minimum absolute atomic E-state index is 0.251. The summed E-state index contributed by atoms with van der Waals surface area (Å²) in [7, 11) is 0. The van der Waals surface area contributed by atoms with E-state index in [2.05, 4.69) is 15.3 Å². The predicted octanol–water partition coefficient (Wildman–Crippen LogP) is 4.42. The van der Waals surface area contributed by atoms with Gasteiger partial charge in [0.1, 0.15) is 28.5 Å². The van der Waals surface area contributed by atoms with Gasteiger partial charge in [0.15, 0.2) is 0 Å². The molecule has 0 amide bonds. The highest BCUT2D eigenvalue weighted by atomic mass is 32.1. The monoisotopic (exact) mass is 363 g/mol. The quantitative estimate of drug-likeness (QED) is 0.489. The van der Waals surface area contributed by atoms with Gasteiger partial charge in [-0.2, -0.15) is 0 Å². The number of hydrogen-bond acceptors (Lipinski definition) is 6. The van der Waals surface area contributed by atoms with Crippen molar-refractivity contribution in [3.63, 3.8) is 0 Å². The van der Waals surface area contributed by atoms with E-state index in [9.17, 15) is 10.2 Å². The molecule has 4 rings (SSSR count). The molecule has 0 saturated carbocycles. The lowest BCUT2D eigenvalue weighted by molar-refractivity contribution is 0.468. The number of aromatic nitrogens is 2. The average Bonchev–Trinajstić information content (AvgIpc) is 3.08. The van der Waals surface area contributed by atoms with Gasteiger partial charge in [-0.3, -0.25) is 0 Å². The van der Waals surface area contributed by atoms with Crippen molar-refractivity contribution in [3.8, 4) is 21.9 Å². The number of rotatable bonds is 5. The Morgan fingerprint density at radius 3 is 2.50 bits per heavy atom. The van der Waals surface area contributed by atoms with Gasteiger partial charge in [0.25, 0.3) is 0 Å². The fraction of sp³-hybridized carbons (Fsp3) is 0.100. The zero-order chi connectivity index (χ0) is 17.9. The molecule has 0 unspecified atom stereocenters. The topological polar surface area (TPSA) is 78.3 Å². The normalized spacial score (nSPS) is 10.9. The lowest BCUT2D eigenvalue weighted by Crippen LogP contribution is -2.06. The molecule has 2 heterocycles. The van der Waals surface area contributed by atoms with Crippen molar-refractivity contribution in [2.45, 2.75) is 6.42 Å². The Bertz CT molecular complexity index is 1060. The maximum absolute atomic E-state index is 10.1. The number of phenolic OH excluding ortho intramolecular Hbond substituents is 2. The third kappa shape index (κ3) is 3.19. The first-order chi connectivity index (χ1) is 12.7. The molecule has 26 heavy (non-hydrogen) atoms. The maximum Gasteiger partial charge on any atom is 0.138 e. The van der Waals surface area contributed by atoms with Crippen molar-refractivity contribution >= 4 is 27.4 Å². The van der Waals surface area contributed by atoms with E-state index in [-0.39, 0.29) is 5.75 Å². The Kier molecular flexibility index (Phi) is 4.41. The van der Waals surface area contributed by atoms with Crippen molar-refractivity contribution in [1.29, 1.82) is 0 Å². The third-order valence-corrected chi connectivity index (χ3v) is 5.25. The van der Waals surface area contributed by atoms with E-state index in [1.54, 1.807) is 18.2 Å². The van der Waals surface area contributed by atoms with Crippen LogP contribution in [-0.4, -0.2) is 26.7 Å². The number of hydrogen-bond donors (Lipinski definition) is 3. The zero-order valence-electron chi connectivity index (χ0n) is 13.9. The van der Waals surface area contributed by atoms with Gasteiger partial charge in [0.2, 0.25) is 0 Å². The molecule has 0 aliphatic rings. The highest BCUT2D eigenvalue weighted by molar-refractivity contribution is 7.22. The van der Waals surface area contributed by atoms with Gasteiger partial charge in [-0.1, -0.05) is 30.3 Å². The van der Waals surface area contributed by atoms with E-state index in [4.69, 9.17) is 0 Å². The SMILES string of the molecule is Oc1ccccc1CCNc1ncnc2sc(-c3ccccc3O)cc12. The van der Waals surface area contributed by atoms with Crippen LogP contribution in [0.2, 0.25) is 0 Å². The van der Waals surface area contributed by atoms with Crippen LogP contribution < -0.4 is 5.32 Å². The van der Waals surface area contributed by atoms with Gasteiger partial charge in [-0.25, -0.2) is 9.97 Å². The fourth-order valence-corrected chi connectivity index (χ4v) is 3.88. The molecule has 2 aromatic heterocycles. The van der Waals surface area contributed by atoms with Crippen LogP contribution in [0.5, 0.6) is 11.5 Å². The molecule has 0 saturated heterocycles. The van der Waals surface area contributed by atoms with E-state index in [0.717, 1.165) is 32.0 Å². The van der Waals surface area contributed by atoms with Crippen molar-refractivity contribution in [1.82, 2.24) is 9.97 Å². The van der Waals surface area contributed by atoms with Crippen LogP contribution in [0, 0.1) is 0 Å². The first-order valence-electron chi connectivity index (χ1n) is 8.26. The molecule has 130 valence electrons. The van der Waals surface area contributed by atoms with Gasteiger partial charge in [0.05, 0.1) is 5.39 Å². The molecule has 3 N–H and O–H groups in total. The van der Waals surface area contributed by atoms with Crippen LogP contribution in [0.4, 0.5) is 5.82 Å². The summed E-state index contributed by atoms with van der Waals surface area (Å²) in [4.78, 5) is 10.5. The number of para-hydroxylation sites is 2. The third-order valence-electron chi connectivity index (χ3n) is 4.18. The Balaban J connectivity index is 1.58. The van der Waals surface area contributed by atoms with Crippen LogP contribution in [0.15, 0.2) is 60.9 Å². The molecule has 0 fully saturated rings. The Morgan fingerprint density at radius 2 is 1.69 bits per heavy atom. The predicted molar refractivity (Wildman–Crippen MR) is 105 cm³/mol. The largest absolute Gasteiger partial charge is 0.508 e. The standard InChI is InChI=1S/C20H17N3O2S/c24-16-7-3-1-5-13(16)9-10-21-19-15-11-18(26-20(15)23-12-22-19)14-6-2-4-8-17(14)25/h1-8,11-12,24-25H,9-10H2,(H,21,22,23). The van der Waals surface area contributed by atoms with Gasteiger partial charge in [-0.15, -0.1) is 11.3 Å². The highest BCUT2D eigenvalue weighted by Crippen LogP contribution is 2.38. The summed E-state index contributed by atoms with van der Waals surface area (Å²) in [6.45, 7) is 0.644. The molecule has 2 aromatic carbocycles. The number of anilines is 1. The van der Waals surface area contributed by atoms with E-state index >= 15 is 0 Å². The van der Waals surface area contributed by atoms with E-state index in [1.165, 1.54) is 17.7 Å². The minimum Gasteiger partial charge on any atom is -0.508 e. The summed E-state index contributed by atoms with van der Waals surface area (Å²) in [6.07, 6.45) is 2.23. The summed E-state index contributed by atoms with van der Waals surface area (Å²) < 4.78 is 0. The zero-order valence-corrected chi connectivity index (χ0v) is 14.7. The van der Waals surface area contributed by atoms with Crippen LogP contribution in [0.25, 0.3) is 20.7 Å². The Morgan fingerprint density at radius 1 is 0.923 bits per heavy atom. The maximum atomic E-state index is 10.1. The van der Waals surface area contributed by atoms with E-state index in [0.29, 0.717) is 18.7 Å². The van der Waals surface area contributed by atoms with Gasteiger partial charge in [0, 0.05) is 17.0 Å². The lowest BCUT2D eigenvalue weighted by Gasteiger charge is -2.07. The molecule has 4 aromatic rings. The van der Waals surface area contributed by atoms with Crippen LogP contribution >= 0.6 is 11.3 Å². The molecule has 0 radical (unpaired) electrons. The number of fused-ring (bicyclic) bond motifs is 1. The van der Waals surface area contributed by atoms with Crippen molar-refractivity contribution < 1.29 is 10.2 Å². The number of phenols is 2. The molecular formula is C20H17N3O2S. The molecule has 0 bridgehead atoms. The Labute approximate surface area is 154 Å². The van der Waals surface area contributed by atoms with Crippen LogP contribution in [0.3, 0.4) is 0 Å². The number of nitrogens with one attached hydrogen (secondary N) is 1. The second-order valence-electron chi connectivity index (χ2n) is 5.87. The molecule has 5 nitrogen and oxygen atoms in total. The summed E-state index contributed by atoms with van der Waals surface area (Å²) in [6, 6.07) is 16.6. The van der Waals surface area contributed by atoms with Crippen molar-refractivity contribution in [2.75, 3.05) is 11.9 Å². The van der Waals surface area contributed by atoms with E-state index in [1.807, 2.05) is 36.4 Å². The van der Waals surface area contributed by atoms with Gasteiger partial charge >= 0.3 is 0 Å². The van der Waals surface area contributed by atoms with E-state index < -0.39 is 0 Å². The minimum atomic E-state index is 0.251. The highest BCUT2D eigenvalue weighted by Gasteiger charge is 2.12. The lowest BCUT2D eigenvalue weighted by atomic mass is 10.1. The summed E-state index contributed by atoms with van der Waals surface area (Å²) in [5, 5.41) is 24.2. The van der Waals surface area contributed by atoms with Gasteiger partial charge in [-0.05, 0) is 36.2 Å². The number of thiophene rings is 1. The summed E-state index contributed by atoms with van der Waals surface area (Å²) in [5.74, 6) is 1.31. The second kappa shape index (κ2) is 7.01.